The standard InChI is InChI=1S/C27H23N2O4.CH4O4S/c1-18-23(27(30)21-14-16-22(33-3)17-15-21)24(19-10-6-4-7-11-19)26(29(31)32)25(28(18)2)20-12-8-5-9-13-20;1-5-6(2,3)4/h4-17H,1-3H3;1H3,(H,2,3,4)/q+1;/p-1. The van der Waals surface area contributed by atoms with E-state index in [0.29, 0.717) is 45.0 Å². The molecule has 1 heterocycles. The van der Waals surface area contributed by atoms with Crippen molar-refractivity contribution in [3.05, 3.63) is 112 Å². The van der Waals surface area contributed by atoms with Gasteiger partial charge in [0.1, 0.15) is 18.4 Å². The zero-order chi connectivity index (χ0) is 28.7. The molecule has 0 bridgehead atoms. The van der Waals surface area contributed by atoms with Crippen LogP contribution in [-0.4, -0.2) is 37.9 Å². The largest absolute Gasteiger partial charge is 0.726 e. The first-order valence-corrected chi connectivity index (χ1v) is 12.9. The Bertz CT molecular complexity index is 1590. The van der Waals surface area contributed by atoms with Crippen molar-refractivity contribution in [2.75, 3.05) is 14.2 Å². The van der Waals surface area contributed by atoms with Crippen molar-refractivity contribution in [3.8, 4) is 28.1 Å². The number of nitro groups is 1. The van der Waals surface area contributed by atoms with Gasteiger partial charge in [0.05, 0.1) is 30.3 Å². The van der Waals surface area contributed by atoms with Gasteiger partial charge >= 0.3 is 5.69 Å². The van der Waals surface area contributed by atoms with Gasteiger partial charge in [-0.3, -0.25) is 19.1 Å². The van der Waals surface area contributed by atoms with Gasteiger partial charge in [0.2, 0.25) is 10.4 Å². The summed E-state index contributed by atoms with van der Waals surface area (Å²) in [5.74, 6) is 0.342. The minimum Gasteiger partial charge on any atom is -0.726 e. The molecule has 0 unspecified atom stereocenters. The molecule has 0 saturated heterocycles. The Hall–Kier alpha value is -4.45. The molecule has 202 valence electrons. The van der Waals surface area contributed by atoms with E-state index in [2.05, 4.69) is 4.18 Å². The van der Waals surface area contributed by atoms with Crippen molar-refractivity contribution < 1.29 is 36.2 Å². The molecule has 4 aromatic rings. The summed E-state index contributed by atoms with van der Waals surface area (Å²) in [6.07, 6.45) is 0. The van der Waals surface area contributed by atoms with Crippen molar-refractivity contribution in [1.82, 2.24) is 0 Å². The summed E-state index contributed by atoms with van der Waals surface area (Å²) < 4.78 is 38.0. The molecule has 10 nitrogen and oxygen atoms in total. The fourth-order valence-electron chi connectivity index (χ4n) is 4.07. The van der Waals surface area contributed by atoms with E-state index in [9.17, 15) is 27.9 Å². The van der Waals surface area contributed by atoms with Crippen molar-refractivity contribution in [2.24, 2.45) is 7.05 Å². The van der Waals surface area contributed by atoms with E-state index in [1.54, 1.807) is 55.1 Å². The van der Waals surface area contributed by atoms with Gasteiger partial charge in [0.15, 0.2) is 11.5 Å². The maximum absolute atomic E-state index is 13.8. The third-order valence-corrected chi connectivity index (χ3v) is 6.40. The van der Waals surface area contributed by atoms with E-state index in [1.807, 2.05) is 55.5 Å². The highest BCUT2D eigenvalue weighted by Gasteiger charge is 2.38. The number of carbonyl (C=O) groups is 1. The molecule has 0 N–H and O–H groups in total. The maximum atomic E-state index is 13.8. The summed E-state index contributed by atoms with van der Waals surface area (Å²) in [5, 5.41) is 12.5. The molecule has 1 aromatic heterocycles. The van der Waals surface area contributed by atoms with Crippen LogP contribution in [0.15, 0.2) is 84.9 Å². The summed E-state index contributed by atoms with van der Waals surface area (Å²) in [6, 6.07) is 25.0. The first kappa shape index (κ1) is 29.1. The average molecular weight is 551 g/mol. The summed E-state index contributed by atoms with van der Waals surface area (Å²) in [5.41, 5.74) is 3.35. The Morgan fingerprint density at radius 3 is 1.79 bits per heavy atom. The third-order valence-electron chi connectivity index (χ3n) is 5.99. The molecule has 39 heavy (non-hydrogen) atoms. The summed E-state index contributed by atoms with van der Waals surface area (Å²) >= 11 is 0. The van der Waals surface area contributed by atoms with Crippen LogP contribution in [-0.2, 0) is 21.6 Å². The topological polar surface area (TPSA) is 140 Å². The van der Waals surface area contributed by atoms with Crippen LogP contribution in [0, 0.1) is 17.0 Å². The highest BCUT2D eigenvalue weighted by molar-refractivity contribution is 7.80. The fraction of sp³-hybridized carbons (Fsp3) is 0.143. The zero-order valence-electron chi connectivity index (χ0n) is 21.7. The number of hydrogen-bond donors (Lipinski definition) is 0. The average Bonchev–Trinajstić information content (AvgIpc) is 2.94. The number of hydrogen-bond acceptors (Lipinski definition) is 8. The van der Waals surface area contributed by atoms with Crippen LogP contribution in [0.4, 0.5) is 5.69 Å². The van der Waals surface area contributed by atoms with Crippen LogP contribution in [0.5, 0.6) is 5.75 Å². The van der Waals surface area contributed by atoms with Crippen LogP contribution in [0.2, 0.25) is 0 Å². The Kier molecular flexibility index (Phi) is 9.25. The van der Waals surface area contributed by atoms with Crippen molar-refractivity contribution in [1.29, 1.82) is 0 Å². The number of carbonyl (C=O) groups excluding carboxylic acids is 1. The highest BCUT2D eigenvalue weighted by atomic mass is 32.3. The molecule has 11 heteroatoms. The van der Waals surface area contributed by atoms with E-state index in [0.717, 1.165) is 7.11 Å². The predicted molar refractivity (Wildman–Crippen MR) is 143 cm³/mol. The SMILES string of the molecule is COS(=O)(=O)[O-].COc1ccc(C(=O)c2c(-c3ccccc3)c([N+](=O)[O-])c(-c3ccccc3)[n+](C)c2C)cc1. The summed E-state index contributed by atoms with van der Waals surface area (Å²) in [6.45, 7) is 1.82. The van der Waals surface area contributed by atoms with Gasteiger partial charge in [-0.05, 0) is 42.0 Å². The van der Waals surface area contributed by atoms with E-state index in [1.165, 1.54) is 0 Å². The molecule has 0 aliphatic rings. The van der Waals surface area contributed by atoms with E-state index < -0.39 is 15.3 Å². The van der Waals surface area contributed by atoms with Gasteiger partial charge < -0.3 is 9.29 Å². The van der Waals surface area contributed by atoms with Gasteiger partial charge in [0.25, 0.3) is 5.69 Å². The number of aromatic nitrogens is 1. The van der Waals surface area contributed by atoms with Crippen LogP contribution < -0.4 is 9.30 Å². The van der Waals surface area contributed by atoms with E-state index >= 15 is 0 Å². The van der Waals surface area contributed by atoms with Gasteiger partial charge in [-0.15, -0.1) is 0 Å². The van der Waals surface area contributed by atoms with E-state index in [4.69, 9.17) is 4.74 Å². The lowest BCUT2D eigenvalue weighted by atomic mass is 9.89. The number of benzene rings is 3. The van der Waals surface area contributed by atoms with Crippen LogP contribution in [0.25, 0.3) is 22.4 Å². The Morgan fingerprint density at radius 1 is 0.872 bits per heavy atom. The number of ketones is 1. The predicted octanol–water partition coefficient (Wildman–Crippen LogP) is 4.39. The lowest BCUT2D eigenvalue weighted by Gasteiger charge is -2.15. The number of rotatable bonds is 7. The molecular weight excluding hydrogens is 524 g/mol. The number of nitrogens with zero attached hydrogens (tertiary/aromatic N) is 2. The van der Waals surface area contributed by atoms with Gasteiger partial charge in [-0.25, -0.2) is 8.42 Å². The molecule has 0 atom stereocenters. The lowest BCUT2D eigenvalue weighted by molar-refractivity contribution is -0.669. The molecule has 3 aromatic carbocycles. The first-order chi connectivity index (χ1) is 18.5. The Balaban J connectivity index is 0.000000631. The third kappa shape index (κ3) is 6.71. The summed E-state index contributed by atoms with van der Waals surface area (Å²) in [7, 11) is -0.294. The van der Waals surface area contributed by atoms with Crippen molar-refractivity contribution >= 4 is 21.9 Å². The number of pyridine rings is 1. The molecule has 0 fully saturated rings. The minimum absolute atomic E-state index is 0.0997. The monoisotopic (exact) mass is 550 g/mol. The molecule has 0 aliphatic carbocycles. The summed E-state index contributed by atoms with van der Waals surface area (Å²) in [4.78, 5) is 25.9. The molecule has 0 saturated carbocycles. The molecule has 0 radical (unpaired) electrons. The first-order valence-electron chi connectivity index (χ1n) is 11.5. The van der Waals surface area contributed by atoms with Crippen molar-refractivity contribution in [2.45, 2.75) is 6.92 Å². The molecule has 0 aliphatic heterocycles. The van der Waals surface area contributed by atoms with Crippen LogP contribution in [0.1, 0.15) is 21.6 Å². The number of ether oxygens (including phenoxy) is 1. The maximum Gasteiger partial charge on any atom is 0.349 e. The highest BCUT2D eigenvalue weighted by Crippen LogP contribution is 2.40. The minimum atomic E-state index is -4.41. The molecule has 0 amide bonds. The second-order valence-electron chi connectivity index (χ2n) is 8.21. The lowest BCUT2D eigenvalue weighted by Crippen LogP contribution is -2.38. The van der Waals surface area contributed by atoms with Crippen LogP contribution in [0.3, 0.4) is 0 Å². The number of methoxy groups -OCH3 is 1. The van der Waals surface area contributed by atoms with Crippen molar-refractivity contribution in [3.63, 3.8) is 0 Å². The van der Waals surface area contributed by atoms with Gasteiger partial charge in [-0.1, -0.05) is 48.5 Å². The zero-order valence-corrected chi connectivity index (χ0v) is 22.5. The quantitative estimate of drug-likeness (QED) is 0.0824. The van der Waals surface area contributed by atoms with Gasteiger partial charge in [0, 0.05) is 12.5 Å². The fourth-order valence-corrected chi connectivity index (χ4v) is 4.07. The molecule has 0 spiro atoms. The normalized spacial score (nSPS) is 10.8. The van der Waals surface area contributed by atoms with E-state index in [-0.39, 0.29) is 11.5 Å². The molecular formula is C28H26N2O8S. The molecule has 4 rings (SSSR count). The Labute approximate surface area is 226 Å². The van der Waals surface area contributed by atoms with Crippen LogP contribution >= 0.6 is 0 Å². The van der Waals surface area contributed by atoms with Gasteiger partial charge in [-0.2, -0.15) is 4.57 Å². The second kappa shape index (κ2) is 12.4. The Morgan fingerprint density at radius 2 is 1.36 bits per heavy atom. The smallest absolute Gasteiger partial charge is 0.349 e. The second-order valence-corrected chi connectivity index (χ2v) is 9.36.